The van der Waals surface area contributed by atoms with Crippen molar-refractivity contribution in [2.24, 2.45) is 0 Å². The van der Waals surface area contributed by atoms with E-state index >= 15 is 0 Å². The second-order valence-electron chi connectivity index (χ2n) is 5.78. The third kappa shape index (κ3) is 3.01. The maximum Gasteiger partial charge on any atom is 0.276 e. The van der Waals surface area contributed by atoms with Gasteiger partial charge in [0.1, 0.15) is 17.6 Å². The number of aromatic amines is 2. The third-order valence-electron chi connectivity index (χ3n) is 4.05. The predicted octanol–water partition coefficient (Wildman–Crippen LogP) is 1.11. The number of hydrogen-bond acceptors (Lipinski definition) is 6. The summed E-state index contributed by atoms with van der Waals surface area (Å²) in [5.74, 6) is 1.08. The Morgan fingerprint density at radius 3 is 2.84 bits per heavy atom. The zero-order valence-corrected chi connectivity index (χ0v) is 13.6. The molecule has 1 amide bonds. The molecule has 4 rings (SSSR count). The predicted molar refractivity (Wildman–Crippen MR) is 87.5 cm³/mol. The summed E-state index contributed by atoms with van der Waals surface area (Å²) in [6.45, 7) is 3.10. The number of amides is 1. The van der Waals surface area contributed by atoms with Crippen LogP contribution in [0, 0.1) is 6.92 Å². The first kappa shape index (κ1) is 15.5. The second-order valence-corrected chi connectivity index (χ2v) is 5.78. The van der Waals surface area contributed by atoms with Crippen molar-refractivity contribution in [1.29, 1.82) is 0 Å². The van der Waals surface area contributed by atoms with Crippen molar-refractivity contribution < 1.29 is 9.53 Å². The Morgan fingerprint density at radius 1 is 1.24 bits per heavy atom. The normalized spacial score (nSPS) is 17.6. The molecule has 0 bridgehead atoms. The highest BCUT2D eigenvalue weighted by molar-refractivity contribution is 5.97. The highest BCUT2D eigenvalue weighted by Crippen LogP contribution is 2.24. The van der Waals surface area contributed by atoms with Crippen molar-refractivity contribution in [1.82, 2.24) is 35.5 Å². The summed E-state index contributed by atoms with van der Waals surface area (Å²) in [4.78, 5) is 18.9. The molecule has 9 nitrogen and oxygen atoms in total. The van der Waals surface area contributed by atoms with Gasteiger partial charge in [0.05, 0.1) is 13.2 Å². The Balaban J connectivity index is 1.56. The van der Waals surface area contributed by atoms with Crippen LogP contribution in [0.15, 0.2) is 30.3 Å². The van der Waals surface area contributed by atoms with Crippen LogP contribution in [-0.4, -0.2) is 61.1 Å². The average molecular weight is 339 g/mol. The molecule has 2 N–H and O–H groups in total. The van der Waals surface area contributed by atoms with E-state index in [0.29, 0.717) is 42.7 Å². The molecule has 1 fully saturated rings. The molecule has 0 radical (unpaired) electrons. The summed E-state index contributed by atoms with van der Waals surface area (Å²) in [6.07, 6.45) is -0.352. The molecule has 0 spiro atoms. The molecule has 1 unspecified atom stereocenters. The van der Waals surface area contributed by atoms with Crippen LogP contribution >= 0.6 is 0 Å². The number of nitrogens with zero attached hydrogens (tertiary/aromatic N) is 5. The zero-order valence-electron chi connectivity index (χ0n) is 13.6. The van der Waals surface area contributed by atoms with Crippen LogP contribution in [0.3, 0.4) is 0 Å². The summed E-state index contributed by atoms with van der Waals surface area (Å²) in [5, 5.41) is 17.7. The lowest BCUT2D eigenvalue weighted by molar-refractivity contribution is -0.0268. The fourth-order valence-corrected chi connectivity index (χ4v) is 2.82. The third-order valence-corrected chi connectivity index (χ3v) is 4.05. The van der Waals surface area contributed by atoms with E-state index in [9.17, 15) is 4.79 Å². The first-order chi connectivity index (χ1) is 12.2. The van der Waals surface area contributed by atoms with E-state index in [0.717, 1.165) is 5.56 Å². The van der Waals surface area contributed by atoms with Crippen molar-refractivity contribution in [3.05, 3.63) is 47.7 Å². The number of carbonyl (C=O) groups excluding carboxylic acids is 1. The minimum Gasteiger partial charge on any atom is -0.366 e. The van der Waals surface area contributed by atoms with Gasteiger partial charge in [0.2, 0.25) is 0 Å². The smallest absolute Gasteiger partial charge is 0.276 e. The molecular weight excluding hydrogens is 322 g/mol. The maximum atomic E-state index is 12.9. The van der Waals surface area contributed by atoms with Crippen LogP contribution in [0.5, 0.6) is 0 Å². The van der Waals surface area contributed by atoms with E-state index in [1.807, 2.05) is 37.3 Å². The van der Waals surface area contributed by atoms with Crippen LogP contribution < -0.4 is 0 Å². The van der Waals surface area contributed by atoms with Gasteiger partial charge >= 0.3 is 0 Å². The molecule has 1 aromatic carbocycles. The Kier molecular flexibility index (Phi) is 3.98. The highest BCUT2D eigenvalue weighted by atomic mass is 16.5. The molecule has 0 saturated carbocycles. The molecule has 1 aliphatic rings. The largest absolute Gasteiger partial charge is 0.366 e. The van der Waals surface area contributed by atoms with E-state index in [2.05, 4.69) is 30.6 Å². The van der Waals surface area contributed by atoms with Gasteiger partial charge in [0.15, 0.2) is 11.5 Å². The van der Waals surface area contributed by atoms with Crippen LogP contribution in [-0.2, 0) is 4.74 Å². The van der Waals surface area contributed by atoms with Gasteiger partial charge in [0.25, 0.3) is 5.91 Å². The number of aromatic nitrogens is 6. The minimum atomic E-state index is -0.352. The lowest BCUT2D eigenvalue weighted by Gasteiger charge is -2.31. The number of hydrogen-bond donors (Lipinski definition) is 2. The molecule has 1 saturated heterocycles. The van der Waals surface area contributed by atoms with Crippen molar-refractivity contribution in [3.63, 3.8) is 0 Å². The minimum absolute atomic E-state index is 0.187. The van der Waals surface area contributed by atoms with Gasteiger partial charge in [0, 0.05) is 12.1 Å². The summed E-state index contributed by atoms with van der Waals surface area (Å²) in [6, 6.07) is 9.50. The van der Waals surface area contributed by atoms with E-state index < -0.39 is 0 Å². The first-order valence-corrected chi connectivity index (χ1v) is 7.98. The standard InChI is InChI=1S/C16H17N7O2/c1-10-17-15(21-18-10)12-9-23(7-8-25-12)16(24)14-13(19-22-20-14)11-5-3-2-4-6-11/h2-6,12H,7-9H2,1H3,(H,17,18,21)(H,19,20,22). The molecule has 9 heteroatoms. The number of carbonyl (C=O) groups is 1. The lowest BCUT2D eigenvalue weighted by Crippen LogP contribution is -2.42. The van der Waals surface area contributed by atoms with Crippen molar-refractivity contribution in [2.45, 2.75) is 13.0 Å². The number of benzene rings is 1. The molecule has 1 aliphatic heterocycles. The highest BCUT2D eigenvalue weighted by Gasteiger charge is 2.31. The fraction of sp³-hybridized carbons (Fsp3) is 0.312. The molecule has 3 aromatic rings. The monoisotopic (exact) mass is 339 g/mol. The number of nitrogens with one attached hydrogen (secondary N) is 2. The van der Waals surface area contributed by atoms with Crippen molar-refractivity contribution in [2.75, 3.05) is 19.7 Å². The number of rotatable bonds is 3. The Labute approximate surface area is 143 Å². The molecule has 128 valence electrons. The molecular formula is C16H17N7O2. The molecule has 3 heterocycles. The molecule has 0 aliphatic carbocycles. The maximum absolute atomic E-state index is 12.9. The molecule has 1 atom stereocenters. The van der Waals surface area contributed by atoms with Gasteiger partial charge in [-0.2, -0.15) is 20.5 Å². The number of H-pyrrole nitrogens is 2. The Bertz CT molecular complexity index is 874. The summed E-state index contributed by atoms with van der Waals surface area (Å²) in [5.41, 5.74) is 1.69. The molecule has 2 aromatic heterocycles. The van der Waals surface area contributed by atoms with Crippen molar-refractivity contribution in [3.8, 4) is 11.3 Å². The van der Waals surface area contributed by atoms with Crippen molar-refractivity contribution >= 4 is 5.91 Å². The first-order valence-electron chi connectivity index (χ1n) is 7.98. The topological polar surface area (TPSA) is 113 Å². The van der Waals surface area contributed by atoms with Gasteiger partial charge in [-0.3, -0.25) is 9.89 Å². The quantitative estimate of drug-likeness (QED) is 0.739. The molecule has 25 heavy (non-hydrogen) atoms. The van der Waals surface area contributed by atoms with Crippen LogP contribution in [0.1, 0.15) is 28.2 Å². The van der Waals surface area contributed by atoms with Gasteiger partial charge in [-0.05, 0) is 6.92 Å². The van der Waals surface area contributed by atoms with E-state index in [-0.39, 0.29) is 12.0 Å². The average Bonchev–Trinajstić information content (AvgIpc) is 3.31. The number of aryl methyl sites for hydroxylation is 1. The lowest BCUT2D eigenvalue weighted by atomic mass is 10.1. The van der Waals surface area contributed by atoms with Crippen LogP contribution in [0.2, 0.25) is 0 Å². The summed E-state index contributed by atoms with van der Waals surface area (Å²) in [7, 11) is 0. The number of ether oxygens (including phenoxy) is 1. The van der Waals surface area contributed by atoms with E-state index in [4.69, 9.17) is 4.74 Å². The summed E-state index contributed by atoms with van der Waals surface area (Å²) < 4.78 is 5.71. The number of morpholine rings is 1. The Hall–Kier alpha value is -3.07. The SMILES string of the molecule is Cc1nc(C2CN(C(=O)c3n[nH]nc3-c3ccccc3)CCO2)n[nH]1. The van der Waals surface area contributed by atoms with Gasteiger partial charge < -0.3 is 9.64 Å². The zero-order chi connectivity index (χ0) is 17.2. The van der Waals surface area contributed by atoms with Gasteiger partial charge in [-0.15, -0.1) is 0 Å². The van der Waals surface area contributed by atoms with E-state index in [1.165, 1.54) is 0 Å². The Morgan fingerprint density at radius 2 is 2.08 bits per heavy atom. The van der Waals surface area contributed by atoms with Crippen LogP contribution in [0.25, 0.3) is 11.3 Å². The van der Waals surface area contributed by atoms with Gasteiger partial charge in [-0.25, -0.2) is 4.98 Å². The fourth-order valence-electron chi connectivity index (χ4n) is 2.82. The van der Waals surface area contributed by atoms with Gasteiger partial charge in [-0.1, -0.05) is 30.3 Å². The second kappa shape index (κ2) is 6.44. The summed E-state index contributed by atoms with van der Waals surface area (Å²) >= 11 is 0. The van der Waals surface area contributed by atoms with E-state index in [1.54, 1.807) is 4.90 Å². The van der Waals surface area contributed by atoms with Crippen LogP contribution in [0.4, 0.5) is 0 Å².